The van der Waals surface area contributed by atoms with Gasteiger partial charge in [-0.1, -0.05) is 0 Å². The maximum Gasteiger partial charge on any atom is 0.0336 e. The fourth-order valence-corrected chi connectivity index (χ4v) is 2.19. The number of halogens is 1. The van der Waals surface area contributed by atoms with Crippen molar-refractivity contribution in [3.05, 3.63) is 0 Å². The molecule has 0 bridgehead atoms. The predicted octanol–water partition coefficient (Wildman–Crippen LogP) is 1.94. The van der Waals surface area contributed by atoms with E-state index in [0.717, 1.165) is 19.0 Å². The van der Waals surface area contributed by atoms with Gasteiger partial charge in [0.15, 0.2) is 0 Å². The lowest BCUT2D eigenvalue weighted by Gasteiger charge is -2.25. The van der Waals surface area contributed by atoms with Crippen molar-refractivity contribution in [3.8, 4) is 0 Å². The number of hydrogen-bond acceptors (Lipinski definition) is 2. The molecule has 84 valence electrons. The van der Waals surface area contributed by atoms with Gasteiger partial charge >= 0.3 is 0 Å². The van der Waals surface area contributed by atoms with E-state index < -0.39 is 0 Å². The van der Waals surface area contributed by atoms with Crippen LogP contribution in [-0.4, -0.2) is 44.0 Å². The monoisotopic (exact) mass is 218 g/mol. The molecule has 1 aliphatic carbocycles. The summed E-state index contributed by atoms with van der Waals surface area (Å²) < 4.78 is 0. The summed E-state index contributed by atoms with van der Waals surface area (Å²) in [7, 11) is 4.22. The molecule has 1 fully saturated rings. The van der Waals surface area contributed by atoms with Crippen molar-refractivity contribution >= 4 is 11.6 Å². The number of hydrogen-bond donors (Lipinski definition) is 1. The minimum atomic E-state index is 0.452. The molecule has 3 heteroatoms. The van der Waals surface area contributed by atoms with E-state index in [1.807, 2.05) is 0 Å². The zero-order chi connectivity index (χ0) is 10.4. The maximum absolute atomic E-state index is 6.06. The van der Waals surface area contributed by atoms with Crippen LogP contribution in [0.25, 0.3) is 0 Å². The maximum atomic E-state index is 6.06. The summed E-state index contributed by atoms with van der Waals surface area (Å²) in [6, 6.07) is 0. The van der Waals surface area contributed by atoms with E-state index in [0.29, 0.717) is 5.38 Å². The number of alkyl halides is 1. The summed E-state index contributed by atoms with van der Waals surface area (Å²) in [5.74, 6) is 0.868. The quantitative estimate of drug-likeness (QED) is 0.561. The van der Waals surface area contributed by atoms with Crippen LogP contribution in [0.2, 0.25) is 0 Å². The van der Waals surface area contributed by atoms with Crippen LogP contribution < -0.4 is 5.32 Å². The molecule has 0 aromatic carbocycles. The van der Waals surface area contributed by atoms with Crippen molar-refractivity contribution in [2.45, 2.75) is 31.1 Å². The van der Waals surface area contributed by atoms with Gasteiger partial charge in [0, 0.05) is 18.5 Å². The first-order valence-electron chi connectivity index (χ1n) is 5.68. The van der Waals surface area contributed by atoms with E-state index in [1.165, 1.54) is 32.2 Å². The van der Waals surface area contributed by atoms with Crippen LogP contribution in [0.1, 0.15) is 25.7 Å². The van der Waals surface area contributed by atoms with Gasteiger partial charge in [-0.3, -0.25) is 0 Å². The van der Waals surface area contributed by atoms with Crippen LogP contribution in [0.15, 0.2) is 0 Å². The third-order valence-electron chi connectivity index (χ3n) is 2.95. The first-order chi connectivity index (χ1) is 6.68. The lowest BCUT2D eigenvalue weighted by Crippen LogP contribution is -2.31. The standard InChI is InChI=1S/C11H23ClN2/c1-14(2)8-7-13-9-10-3-5-11(12)6-4-10/h10-11,13H,3-9H2,1-2H3. The van der Waals surface area contributed by atoms with Gasteiger partial charge in [0.25, 0.3) is 0 Å². The lowest BCUT2D eigenvalue weighted by molar-refractivity contribution is 0.333. The molecule has 1 saturated carbocycles. The highest BCUT2D eigenvalue weighted by molar-refractivity contribution is 6.20. The van der Waals surface area contributed by atoms with Crippen LogP contribution in [0.3, 0.4) is 0 Å². The molecule has 0 aromatic rings. The summed E-state index contributed by atoms with van der Waals surface area (Å²) in [5.41, 5.74) is 0. The van der Waals surface area contributed by atoms with E-state index in [2.05, 4.69) is 24.3 Å². The van der Waals surface area contributed by atoms with Crippen LogP contribution in [0, 0.1) is 5.92 Å². The molecule has 0 heterocycles. The summed E-state index contributed by atoms with van der Waals surface area (Å²) in [6.07, 6.45) is 5.04. The smallest absolute Gasteiger partial charge is 0.0336 e. The molecule has 0 radical (unpaired) electrons. The van der Waals surface area contributed by atoms with Gasteiger partial charge in [0.2, 0.25) is 0 Å². The van der Waals surface area contributed by atoms with E-state index in [1.54, 1.807) is 0 Å². The highest BCUT2D eigenvalue weighted by atomic mass is 35.5. The molecule has 1 rings (SSSR count). The second-order valence-electron chi connectivity index (χ2n) is 4.63. The van der Waals surface area contributed by atoms with Crippen molar-refractivity contribution in [1.29, 1.82) is 0 Å². The highest BCUT2D eigenvalue weighted by Gasteiger charge is 2.18. The molecular formula is C11H23ClN2. The molecule has 0 amide bonds. The molecule has 0 atom stereocenters. The highest BCUT2D eigenvalue weighted by Crippen LogP contribution is 2.26. The predicted molar refractivity (Wildman–Crippen MR) is 63.0 cm³/mol. The van der Waals surface area contributed by atoms with Crippen LogP contribution in [0.4, 0.5) is 0 Å². The Kier molecular flexibility index (Phi) is 5.83. The SMILES string of the molecule is CN(C)CCNCC1CCC(Cl)CC1. The van der Waals surface area contributed by atoms with Gasteiger partial charge in [-0.25, -0.2) is 0 Å². The zero-order valence-corrected chi connectivity index (χ0v) is 10.2. The minimum Gasteiger partial charge on any atom is -0.315 e. The Hall–Kier alpha value is 0.210. The molecule has 1 N–H and O–H groups in total. The Balaban J connectivity index is 1.96. The normalized spacial score (nSPS) is 28.3. The molecule has 2 nitrogen and oxygen atoms in total. The fourth-order valence-electron chi connectivity index (χ4n) is 1.93. The number of nitrogens with zero attached hydrogens (tertiary/aromatic N) is 1. The van der Waals surface area contributed by atoms with E-state index in [-0.39, 0.29) is 0 Å². The minimum absolute atomic E-state index is 0.452. The van der Waals surface area contributed by atoms with Gasteiger partial charge in [-0.15, -0.1) is 11.6 Å². The van der Waals surface area contributed by atoms with Crippen molar-refractivity contribution in [2.75, 3.05) is 33.7 Å². The fraction of sp³-hybridized carbons (Fsp3) is 1.00. The first-order valence-corrected chi connectivity index (χ1v) is 6.11. The van der Waals surface area contributed by atoms with Crippen molar-refractivity contribution in [2.24, 2.45) is 5.92 Å². The number of rotatable bonds is 5. The first kappa shape index (κ1) is 12.3. The van der Waals surface area contributed by atoms with Crippen molar-refractivity contribution in [1.82, 2.24) is 10.2 Å². The lowest BCUT2D eigenvalue weighted by atomic mass is 9.89. The Morgan fingerprint density at radius 1 is 1.21 bits per heavy atom. The second-order valence-corrected chi connectivity index (χ2v) is 5.24. The van der Waals surface area contributed by atoms with Crippen molar-refractivity contribution in [3.63, 3.8) is 0 Å². The largest absolute Gasteiger partial charge is 0.315 e. The topological polar surface area (TPSA) is 15.3 Å². The molecule has 0 unspecified atom stereocenters. The second kappa shape index (κ2) is 6.65. The van der Waals surface area contributed by atoms with Gasteiger partial charge in [-0.2, -0.15) is 0 Å². The van der Waals surface area contributed by atoms with Crippen LogP contribution in [-0.2, 0) is 0 Å². The average molecular weight is 219 g/mol. The number of nitrogens with one attached hydrogen (secondary N) is 1. The van der Waals surface area contributed by atoms with Crippen molar-refractivity contribution < 1.29 is 0 Å². The van der Waals surface area contributed by atoms with Gasteiger partial charge in [0.1, 0.15) is 0 Å². The molecule has 0 aliphatic heterocycles. The molecule has 0 saturated heterocycles. The van der Waals surface area contributed by atoms with Gasteiger partial charge < -0.3 is 10.2 Å². The Labute approximate surface area is 93.0 Å². The Morgan fingerprint density at radius 2 is 1.86 bits per heavy atom. The average Bonchev–Trinajstić information content (AvgIpc) is 2.15. The summed E-state index contributed by atoms with van der Waals surface area (Å²) in [4.78, 5) is 2.21. The van der Waals surface area contributed by atoms with Crippen LogP contribution >= 0.6 is 11.6 Å². The molecule has 1 aliphatic rings. The Morgan fingerprint density at radius 3 is 2.43 bits per heavy atom. The van der Waals surface area contributed by atoms with E-state index in [9.17, 15) is 0 Å². The summed E-state index contributed by atoms with van der Waals surface area (Å²) in [6.45, 7) is 3.41. The Bertz CT molecular complexity index is 142. The van der Waals surface area contributed by atoms with Gasteiger partial charge in [-0.05, 0) is 52.2 Å². The molecular weight excluding hydrogens is 196 g/mol. The molecule has 0 aromatic heterocycles. The summed E-state index contributed by atoms with van der Waals surface area (Å²) >= 11 is 6.06. The number of likely N-dealkylation sites (N-methyl/N-ethyl adjacent to an activating group) is 1. The van der Waals surface area contributed by atoms with Gasteiger partial charge in [0.05, 0.1) is 0 Å². The van der Waals surface area contributed by atoms with Crippen LogP contribution in [0.5, 0.6) is 0 Å². The third-order valence-corrected chi connectivity index (χ3v) is 3.38. The summed E-state index contributed by atoms with van der Waals surface area (Å²) in [5, 5.41) is 3.97. The zero-order valence-electron chi connectivity index (χ0n) is 9.43. The third kappa shape index (κ3) is 5.18. The molecule has 14 heavy (non-hydrogen) atoms. The van der Waals surface area contributed by atoms with E-state index >= 15 is 0 Å². The van der Waals surface area contributed by atoms with E-state index in [4.69, 9.17) is 11.6 Å². The molecule has 0 spiro atoms.